The van der Waals surface area contributed by atoms with Gasteiger partial charge in [0.15, 0.2) is 0 Å². The van der Waals surface area contributed by atoms with Crippen molar-refractivity contribution in [3.8, 4) is 17.1 Å². The monoisotopic (exact) mass is 339 g/mol. The van der Waals surface area contributed by atoms with E-state index in [0.717, 1.165) is 21.7 Å². The third-order valence-electron chi connectivity index (χ3n) is 3.51. The van der Waals surface area contributed by atoms with Crippen LogP contribution in [-0.2, 0) is 0 Å². The molecule has 0 aliphatic carbocycles. The van der Waals surface area contributed by atoms with Crippen LogP contribution in [0.2, 0.25) is 0 Å². The van der Waals surface area contributed by atoms with E-state index in [1.54, 1.807) is 25.6 Å². The van der Waals surface area contributed by atoms with Crippen LogP contribution in [0.4, 0.5) is 5.82 Å². The highest BCUT2D eigenvalue weighted by atomic mass is 16.5. The lowest BCUT2D eigenvalue weighted by Crippen LogP contribution is -2.41. The molecule has 2 rings (SSSR count). The van der Waals surface area contributed by atoms with E-state index >= 15 is 0 Å². The number of pyridine rings is 2. The van der Waals surface area contributed by atoms with Gasteiger partial charge in [-0.15, -0.1) is 0 Å². The first kappa shape index (κ1) is 18.5. The second kappa shape index (κ2) is 7.81. The Morgan fingerprint density at radius 3 is 2.72 bits per heavy atom. The van der Waals surface area contributed by atoms with Gasteiger partial charge in [-0.25, -0.2) is 9.97 Å². The Bertz CT molecular complexity index is 868. The molecule has 25 heavy (non-hydrogen) atoms. The fraction of sp³-hybridized carbons (Fsp3) is 0.263. The zero-order valence-electron chi connectivity index (χ0n) is 14.9. The molecule has 6 nitrogen and oxygen atoms in total. The number of anilines is 1. The van der Waals surface area contributed by atoms with Crippen molar-refractivity contribution in [1.82, 2.24) is 9.97 Å². The predicted octanol–water partition coefficient (Wildman–Crippen LogP) is 0.965. The summed E-state index contributed by atoms with van der Waals surface area (Å²) in [5, 5.41) is 5.03. The molecule has 6 heteroatoms. The highest BCUT2D eigenvalue weighted by Gasteiger charge is 2.12. The number of nitrogens with two attached hydrogens (primary N) is 2. The third-order valence-corrected chi connectivity index (χ3v) is 3.51. The van der Waals surface area contributed by atoms with Crippen LogP contribution < -0.4 is 32.0 Å². The Labute approximate surface area is 147 Å². The van der Waals surface area contributed by atoms with E-state index in [1.807, 2.05) is 38.1 Å². The summed E-state index contributed by atoms with van der Waals surface area (Å²) in [5.41, 5.74) is 13.2. The van der Waals surface area contributed by atoms with Gasteiger partial charge in [-0.05, 0) is 26.0 Å². The molecule has 0 amide bonds. The highest BCUT2D eigenvalue weighted by molar-refractivity contribution is 5.64. The zero-order valence-corrected chi connectivity index (χ0v) is 14.9. The Hall–Kier alpha value is -2.86. The van der Waals surface area contributed by atoms with E-state index in [4.69, 9.17) is 21.2 Å². The van der Waals surface area contributed by atoms with Gasteiger partial charge in [0.1, 0.15) is 5.82 Å². The first-order valence-electron chi connectivity index (χ1n) is 7.97. The normalized spacial score (nSPS) is 13.0. The second-order valence-corrected chi connectivity index (χ2v) is 6.36. The summed E-state index contributed by atoms with van der Waals surface area (Å²) in [6.45, 7) is 8.23. The Balaban J connectivity index is 2.63. The minimum Gasteiger partial charge on any atom is -0.481 e. The summed E-state index contributed by atoms with van der Waals surface area (Å²) in [4.78, 5) is 8.87. The standard InChI is InChI=1S/C19H25N5O/c1-5-6-15-14(11-20)9-16(13-7-8-22-17(10-13)25-4)24-18(15)23-12-19(2,3)21/h5-11H,1,12,20-21H2,2-4H3,(H,23,24)/b14-11-,15-6+. The zero-order chi connectivity index (χ0) is 18.4. The average molecular weight is 339 g/mol. The topological polar surface area (TPSA) is 99.1 Å². The lowest BCUT2D eigenvalue weighted by molar-refractivity contribution is 0.398. The van der Waals surface area contributed by atoms with Crippen LogP contribution in [0.25, 0.3) is 23.5 Å². The molecular weight excluding hydrogens is 314 g/mol. The lowest BCUT2D eigenvalue weighted by atomic mass is 10.1. The van der Waals surface area contributed by atoms with Crippen LogP contribution in [0.3, 0.4) is 0 Å². The van der Waals surface area contributed by atoms with Crippen molar-refractivity contribution in [2.75, 3.05) is 19.0 Å². The van der Waals surface area contributed by atoms with E-state index in [1.165, 1.54) is 0 Å². The van der Waals surface area contributed by atoms with Crippen molar-refractivity contribution in [1.29, 1.82) is 0 Å². The highest BCUT2D eigenvalue weighted by Crippen LogP contribution is 2.19. The molecule has 0 spiro atoms. The molecule has 0 unspecified atom stereocenters. The van der Waals surface area contributed by atoms with Crippen LogP contribution in [0.5, 0.6) is 5.88 Å². The van der Waals surface area contributed by atoms with Crippen LogP contribution in [0.15, 0.2) is 37.1 Å². The van der Waals surface area contributed by atoms with Gasteiger partial charge in [0.05, 0.1) is 12.8 Å². The Kier molecular flexibility index (Phi) is 5.77. The number of ether oxygens (including phenoxy) is 1. The number of aromatic nitrogens is 2. The van der Waals surface area contributed by atoms with E-state index < -0.39 is 0 Å². The van der Waals surface area contributed by atoms with Gasteiger partial charge in [0.25, 0.3) is 0 Å². The number of hydrogen-bond donors (Lipinski definition) is 3. The van der Waals surface area contributed by atoms with Crippen molar-refractivity contribution in [3.05, 3.63) is 47.5 Å². The molecule has 0 bridgehead atoms. The first-order valence-corrected chi connectivity index (χ1v) is 7.97. The van der Waals surface area contributed by atoms with Crippen molar-refractivity contribution in [2.24, 2.45) is 11.5 Å². The molecule has 0 fully saturated rings. The molecule has 0 aromatic carbocycles. The molecule has 5 N–H and O–H groups in total. The fourth-order valence-corrected chi connectivity index (χ4v) is 2.28. The summed E-state index contributed by atoms with van der Waals surface area (Å²) in [6.07, 6.45) is 6.81. The van der Waals surface area contributed by atoms with E-state index in [0.29, 0.717) is 18.2 Å². The number of nitrogens with zero attached hydrogens (tertiary/aromatic N) is 2. The maximum atomic E-state index is 6.09. The maximum absolute atomic E-state index is 6.09. The number of rotatable bonds is 6. The quantitative estimate of drug-likeness (QED) is 0.725. The van der Waals surface area contributed by atoms with Gasteiger partial charge in [-0.1, -0.05) is 18.7 Å². The minimum atomic E-state index is -0.379. The molecule has 0 saturated carbocycles. The van der Waals surface area contributed by atoms with Gasteiger partial charge >= 0.3 is 0 Å². The molecule has 0 atom stereocenters. The summed E-state index contributed by atoms with van der Waals surface area (Å²) >= 11 is 0. The van der Waals surface area contributed by atoms with Crippen molar-refractivity contribution in [3.63, 3.8) is 0 Å². The predicted molar refractivity (Wildman–Crippen MR) is 103 cm³/mol. The van der Waals surface area contributed by atoms with Crippen molar-refractivity contribution in [2.45, 2.75) is 19.4 Å². The molecule has 0 radical (unpaired) electrons. The molecule has 2 aromatic rings. The Morgan fingerprint density at radius 1 is 1.36 bits per heavy atom. The first-order chi connectivity index (χ1) is 11.9. The van der Waals surface area contributed by atoms with Gasteiger partial charge in [-0.2, -0.15) is 0 Å². The van der Waals surface area contributed by atoms with Crippen molar-refractivity contribution < 1.29 is 4.74 Å². The lowest BCUT2D eigenvalue weighted by Gasteiger charge is -2.20. The smallest absolute Gasteiger partial charge is 0.213 e. The van der Waals surface area contributed by atoms with Gasteiger partial charge in [0.2, 0.25) is 5.88 Å². The van der Waals surface area contributed by atoms with Gasteiger partial charge < -0.3 is 21.5 Å². The largest absolute Gasteiger partial charge is 0.481 e. The maximum Gasteiger partial charge on any atom is 0.213 e. The molecule has 132 valence electrons. The molecule has 0 saturated heterocycles. The van der Waals surface area contributed by atoms with Gasteiger partial charge in [-0.3, -0.25) is 0 Å². The fourth-order valence-electron chi connectivity index (χ4n) is 2.28. The second-order valence-electron chi connectivity index (χ2n) is 6.36. The minimum absolute atomic E-state index is 0.379. The molecule has 0 aliphatic heterocycles. The Morgan fingerprint density at radius 2 is 2.12 bits per heavy atom. The molecule has 2 heterocycles. The van der Waals surface area contributed by atoms with Crippen LogP contribution >= 0.6 is 0 Å². The summed E-state index contributed by atoms with van der Waals surface area (Å²) in [7, 11) is 1.58. The number of hydrogen-bond acceptors (Lipinski definition) is 6. The summed E-state index contributed by atoms with van der Waals surface area (Å²) in [6, 6.07) is 5.62. The SMILES string of the molecule is C=C/C=c1/c(NCC(C)(C)N)nc(-c2ccnc(OC)c2)c/c1=C/N. The number of methoxy groups -OCH3 is 1. The number of allylic oxidation sites excluding steroid dienone is 1. The van der Waals surface area contributed by atoms with Crippen LogP contribution in [-0.4, -0.2) is 29.2 Å². The summed E-state index contributed by atoms with van der Waals surface area (Å²) in [5.74, 6) is 1.22. The number of nitrogens with one attached hydrogen (secondary N) is 1. The summed E-state index contributed by atoms with van der Waals surface area (Å²) < 4.78 is 5.19. The van der Waals surface area contributed by atoms with Crippen molar-refractivity contribution >= 4 is 18.1 Å². The average Bonchev–Trinajstić information content (AvgIpc) is 2.60. The van der Waals surface area contributed by atoms with E-state index in [9.17, 15) is 0 Å². The van der Waals surface area contributed by atoms with Crippen LogP contribution in [0, 0.1) is 0 Å². The molecular formula is C19H25N5O. The van der Waals surface area contributed by atoms with E-state index in [-0.39, 0.29) is 5.54 Å². The van der Waals surface area contributed by atoms with E-state index in [2.05, 4.69) is 16.9 Å². The van der Waals surface area contributed by atoms with Crippen LogP contribution in [0.1, 0.15) is 13.8 Å². The molecule has 2 aromatic heterocycles. The molecule has 0 aliphatic rings. The van der Waals surface area contributed by atoms with Gasteiger partial charge in [0, 0.05) is 46.5 Å². The third kappa shape index (κ3) is 4.81.